The van der Waals surface area contributed by atoms with Gasteiger partial charge in [0.25, 0.3) is 6.43 Å². The zero-order valence-corrected chi connectivity index (χ0v) is 10.9. The highest BCUT2D eigenvalue weighted by molar-refractivity contribution is 5.91. The fourth-order valence-electron chi connectivity index (χ4n) is 2.39. The van der Waals surface area contributed by atoms with Crippen molar-refractivity contribution >= 4 is 5.91 Å². The maximum absolute atomic E-state index is 12.9. The topological polar surface area (TPSA) is 40.5 Å². The second kappa shape index (κ2) is 5.83. The summed E-state index contributed by atoms with van der Waals surface area (Å²) in [5, 5.41) is 8.90. The highest BCUT2D eigenvalue weighted by atomic mass is 19.3. The molecule has 0 radical (unpaired) electrons. The van der Waals surface area contributed by atoms with Gasteiger partial charge in [-0.1, -0.05) is 12.1 Å². The second-order valence-electron chi connectivity index (χ2n) is 4.95. The fraction of sp³-hybridized carbons (Fsp3) is 0.500. The van der Waals surface area contributed by atoms with Gasteiger partial charge in [-0.25, -0.2) is 13.2 Å². The van der Waals surface area contributed by atoms with Crippen molar-refractivity contribution < 1.29 is 23.1 Å². The Labute approximate surface area is 115 Å². The molecule has 110 valence electrons. The van der Waals surface area contributed by atoms with E-state index in [2.05, 4.69) is 0 Å². The first kappa shape index (κ1) is 14.8. The molecule has 6 heteroatoms. The lowest BCUT2D eigenvalue weighted by atomic mass is 9.94. The Morgan fingerprint density at radius 2 is 1.90 bits per heavy atom. The zero-order valence-electron chi connectivity index (χ0n) is 10.9. The van der Waals surface area contributed by atoms with E-state index >= 15 is 0 Å². The minimum atomic E-state index is -2.64. The molecule has 1 amide bonds. The van der Waals surface area contributed by atoms with Crippen LogP contribution in [-0.4, -0.2) is 42.0 Å². The molecule has 0 spiro atoms. The number of nitrogens with zero attached hydrogens (tertiary/aromatic N) is 1. The minimum absolute atomic E-state index is 0.119. The summed E-state index contributed by atoms with van der Waals surface area (Å²) in [4.78, 5) is 13.4. The number of aliphatic hydroxyl groups excluding tert-OH is 1. The maximum Gasteiger partial charge on any atom is 0.255 e. The summed E-state index contributed by atoms with van der Waals surface area (Å²) in [5.41, 5.74) is -0.182. The van der Waals surface area contributed by atoms with E-state index < -0.39 is 30.1 Å². The van der Waals surface area contributed by atoms with Gasteiger partial charge >= 0.3 is 0 Å². The standard InChI is InChI=1S/C14H16F3NO2/c15-11-3-1-10(2-4-11)14(5-6-14)13(20)18(7-8-19)9-12(16)17/h1-4,12,19H,5-9H2. The molecule has 2 rings (SSSR count). The van der Waals surface area contributed by atoms with Crippen LogP contribution in [0.25, 0.3) is 0 Å². The smallest absolute Gasteiger partial charge is 0.255 e. The van der Waals surface area contributed by atoms with Crippen LogP contribution in [0.4, 0.5) is 13.2 Å². The summed E-state index contributed by atoms with van der Waals surface area (Å²) in [5.74, 6) is -0.824. The van der Waals surface area contributed by atoms with E-state index in [0.29, 0.717) is 18.4 Å². The van der Waals surface area contributed by atoms with Crippen molar-refractivity contribution in [2.45, 2.75) is 24.7 Å². The first-order valence-corrected chi connectivity index (χ1v) is 6.44. The molecule has 1 aromatic carbocycles. The van der Waals surface area contributed by atoms with Crippen molar-refractivity contribution in [3.8, 4) is 0 Å². The molecular weight excluding hydrogens is 271 g/mol. The lowest BCUT2D eigenvalue weighted by Gasteiger charge is -2.26. The van der Waals surface area contributed by atoms with Crippen molar-refractivity contribution in [3.05, 3.63) is 35.6 Å². The first-order valence-electron chi connectivity index (χ1n) is 6.44. The molecule has 0 aromatic heterocycles. The summed E-state index contributed by atoms with van der Waals surface area (Å²) in [6.07, 6.45) is -1.53. The Balaban J connectivity index is 2.19. The average Bonchev–Trinajstić information content (AvgIpc) is 3.19. The molecule has 1 N–H and O–H groups in total. The van der Waals surface area contributed by atoms with Crippen LogP contribution in [0.2, 0.25) is 0 Å². The van der Waals surface area contributed by atoms with Gasteiger partial charge in [0.1, 0.15) is 5.82 Å². The van der Waals surface area contributed by atoms with Crippen LogP contribution in [0.1, 0.15) is 18.4 Å². The van der Waals surface area contributed by atoms with Crippen LogP contribution >= 0.6 is 0 Å². The van der Waals surface area contributed by atoms with E-state index in [0.717, 1.165) is 4.90 Å². The van der Waals surface area contributed by atoms with Crippen molar-refractivity contribution in [2.24, 2.45) is 0 Å². The Bertz CT molecular complexity index is 472. The number of alkyl halides is 2. The summed E-state index contributed by atoms with van der Waals surface area (Å²) in [7, 11) is 0. The van der Waals surface area contributed by atoms with Crippen LogP contribution in [0.3, 0.4) is 0 Å². The van der Waals surface area contributed by atoms with Crippen LogP contribution in [0, 0.1) is 5.82 Å². The van der Waals surface area contributed by atoms with Crippen molar-refractivity contribution in [3.63, 3.8) is 0 Å². The number of carbonyl (C=O) groups excluding carboxylic acids is 1. The SMILES string of the molecule is O=C(N(CCO)CC(F)F)C1(c2ccc(F)cc2)CC1. The quantitative estimate of drug-likeness (QED) is 0.868. The largest absolute Gasteiger partial charge is 0.395 e. The van der Waals surface area contributed by atoms with Gasteiger partial charge in [0.05, 0.1) is 18.6 Å². The number of benzene rings is 1. The van der Waals surface area contributed by atoms with Crippen LogP contribution in [-0.2, 0) is 10.2 Å². The number of carbonyl (C=O) groups is 1. The maximum atomic E-state index is 12.9. The number of hydrogen-bond acceptors (Lipinski definition) is 2. The molecule has 0 atom stereocenters. The number of hydrogen-bond donors (Lipinski definition) is 1. The van der Waals surface area contributed by atoms with E-state index in [1.165, 1.54) is 24.3 Å². The predicted octanol–water partition coefficient (Wildman–Crippen LogP) is 1.94. The Morgan fingerprint density at radius 3 is 2.35 bits per heavy atom. The van der Waals surface area contributed by atoms with E-state index in [1.54, 1.807) is 0 Å². The number of amides is 1. The summed E-state index contributed by atoms with van der Waals surface area (Å²) >= 11 is 0. The van der Waals surface area contributed by atoms with Crippen LogP contribution < -0.4 is 0 Å². The fourth-order valence-corrected chi connectivity index (χ4v) is 2.39. The molecule has 0 unspecified atom stereocenters. The number of aliphatic hydroxyl groups is 1. The van der Waals surface area contributed by atoms with Gasteiger partial charge in [0.15, 0.2) is 0 Å². The van der Waals surface area contributed by atoms with Crippen molar-refractivity contribution in [1.82, 2.24) is 4.90 Å². The molecule has 3 nitrogen and oxygen atoms in total. The Hall–Kier alpha value is -1.56. The Morgan fingerprint density at radius 1 is 1.30 bits per heavy atom. The van der Waals surface area contributed by atoms with Crippen molar-refractivity contribution in [1.29, 1.82) is 0 Å². The molecule has 20 heavy (non-hydrogen) atoms. The number of rotatable bonds is 6. The predicted molar refractivity (Wildman–Crippen MR) is 67.0 cm³/mol. The Kier molecular flexibility index (Phi) is 4.32. The van der Waals surface area contributed by atoms with Crippen LogP contribution in [0.5, 0.6) is 0 Å². The van der Waals surface area contributed by atoms with Gasteiger partial charge in [-0.15, -0.1) is 0 Å². The van der Waals surface area contributed by atoms with Gasteiger partial charge in [-0.3, -0.25) is 4.79 Å². The van der Waals surface area contributed by atoms with E-state index in [4.69, 9.17) is 5.11 Å². The molecule has 1 aliphatic carbocycles. The lowest BCUT2D eigenvalue weighted by molar-refractivity contribution is -0.136. The van der Waals surface area contributed by atoms with Gasteiger partial charge in [-0.05, 0) is 30.5 Å². The minimum Gasteiger partial charge on any atom is -0.395 e. The number of halogens is 3. The third-order valence-corrected chi connectivity index (χ3v) is 3.57. The summed E-state index contributed by atoms with van der Waals surface area (Å²) in [6, 6.07) is 5.54. The average molecular weight is 287 g/mol. The highest BCUT2D eigenvalue weighted by Crippen LogP contribution is 2.49. The molecule has 0 heterocycles. The molecular formula is C14H16F3NO2. The summed E-state index contributed by atoms with van der Waals surface area (Å²) < 4.78 is 37.9. The molecule has 0 aliphatic heterocycles. The second-order valence-corrected chi connectivity index (χ2v) is 4.95. The van der Waals surface area contributed by atoms with E-state index in [9.17, 15) is 18.0 Å². The summed E-state index contributed by atoms with van der Waals surface area (Å²) in [6.45, 7) is -1.17. The zero-order chi connectivity index (χ0) is 14.8. The monoisotopic (exact) mass is 287 g/mol. The molecule has 0 saturated heterocycles. The molecule has 0 bridgehead atoms. The highest BCUT2D eigenvalue weighted by Gasteiger charge is 2.53. The van der Waals surface area contributed by atoms with E-state index in [-0.39, 0.29) is 13.2 Å². The van der Waals surface area contributed by atoms with Crippen LogP contribution in [0.15, 0.2) is 24.3 Å². The normalized spacial score (nSPS) is 16.2. The molecule has 1 saturated carbocycles. The third kappa shape index (κ3) is 2.95. The molecule has 1 aliphatic rings. The third-order valence-electron chi connectivity index (χ3n) is 3.57. The lowest BCUT2D eigenvalue weighted by Crippen LogP contribution is -2.43. The van der Waals surface area contributed by atoms with Gasteiger partial charge in [0.2, 0.25) is 5.91 Å². The van der Waals surface area contributed by atoms with Crippen molar-refractivity contribution in [2.75, 3.05) is 19.7 Å². The molecule has 1 fully saturated rings. The van der Waals surface area contributed by atoms with Gasteiger partial charge < -0.3 is 10.0 Å². The van der Waals surface area contributed by atoms with Gasteiger partial charge in [-0.2, -0.15) is 0 Å². The van der Waals surface area contributed by atoms with Gasteiger partial charge in [0, 0.05) is 6.54 Å². The van der Waals surface area contributed by atoms with E-state index in [1.807, 2.05) is 0 Å². The molecule has 1 aromatic rings. The first-order chi connectivity index (χ1) is 9.49.